The van der Waals surface area contributed by atoms with Gasteiger partial charge in [0.15, 0.2) is 0 Å². The van der Waals surface area contributed by atoms with Gasteiger partial charge in [0.25, 0.3) is 0 Å². The normalized spacial score (nSPS) is 15.9. The quantitative estimate of drug-likeness (QED) is 0.918. The number of aliphatic hydroxyl groups is 1. The van der Waals surface area contributed by atoms with E-state index < -0.39 is 0 Å². The zero-order valence-corrected chi connectivity index (χ0v) is 11.2. The molecule has 3 heteroatoms. The van der Waals surface area contributed by atoms with Crippen molar-refractivity contribution in [3.63, 3.8) is 0 Å². The largest absolute Gasteiger partial charge is 0.392 e. The van der Waals surface area contributed by atoms with Gasteiger partial charge in [0.2, 0.25) is 0 Å². The zero-order chi connectivity index (χ0) is 11.5. The van der Waals surface area contributed by atoms with Crippen molar-refractivity contribution in [2.45, 2.75) is 25.9 Å². The topological polar surface area (TPSA) is 23.5 Å². The molecule has 1 aromatic carbocycles. The highest BCUT2D eigenvalue weighted by molar-refractivity contribution is 9.10. The molecule has 88 valence electrons. The van der Waals surface area contributed by atoms with Gasteiger partial charge in [-0.15, -0.1) is 0 Å². The summed E-state index contributed by atoms with van der Waals surface area (Å²) in [4.78, 5) is 2.26. The molecule has 0 atom stereocenters. The van der Waals surface area contributed by atoms with Crippen LogP contribution in [0.15, 0.2) is 22.7 Å². The third-order valence-electron chi connectivity index (χ3n) is 3.39. The summed E-state index contributed by atoms with van der Waals surface area (Å²) in [6.07, 6.45) is 4.09. The van der Waals surface area contributed by atoms with Crippen LogP contribution in [-0.4, -0.2) is 18.7 Å². The zero-order valence-electron chi connectivity index (χ0n) is 9.62. The summed E-state index contributed by atoms with van der Waals surface area (Å²) in [6, 6.07) is 6.05. The highest BCUT2D eigenvalue weighted by Crippen LogP contribution is 2.30. The van der Waals surface area contributed by atoms with Gasteiger partial charge in [-0.25, -0.2) is 0 Å². The van der Waals surface area contributed by atoms with E-state index in [1.54, 1.807) is 0 Å². The summed E-state index contributed by atoms with van der Waals surface area (Å²) >= 11 is 3.48. The van der Waals surface area contributed by atoms with E-state index in [0.29, 0.717) is 0 Å². The van der Waals surface area contributed by atoms with Crippen LogP contribution < -0.4 is 4.90 Å². The Morgan fingerprint density at radius 2 is 2.19 bits per heavy atom. The van der Waals surface area contributed by atoms with E-state index in [2.05, 4.69) is 33.9 Å². The second-order valence-corrected chi connectivity index (χ2v) is 5.52. The SMILES string of the molecule is CN(CC1CCC1)c1cc(Br)ccc1CO. The standard InChI is InChI=1S/C13H18BrNO/c1-15(8-10-3-2-4-10)13-7-12(14)6-5-11(13)9-16/h5-7,10,16H,2-4,8-9H2,1H3. The molecule has 1 fully saturated rings. The number of nitrogens with zero attached hydrogens (tertiary/aromatic N) is 1. The van der Waals surface area contributed by atoms with E-state index in [9.17, 15) is 5.11 Å². The molecule has 0 bridgehead atoms. The number of benzene rings is 1. The molecule has 1 aromatic rings. The molecule has 0 radical (unpaired) electrons. The number of hydrogen-bond donors (Lipinski definition) is 1. The Morgan fingerprint density at radius 1 is 1.44 bits per heavy atom. The summed E-state index contributed by atoms with van der Waals surface area (Å²) in [5, 5.41) is 9.32. The van der Waals surface area contributed by atoms with Crippen LogP contribution in [0.5, 0.6) is 0 Å². The molecule has 0 aliphatic heterocycles. The third kappa shape index (κ3) is 2.58. The molecule has 0 saturated heterocycles. The predicted molar refractivity (Wildman–Crippen MR) is 70.7 cm³/mol. The van der Waals surface area contributed by atoms with Crippen LogP contribution in [0, 0.1) is 5.92 Å². The Balaban J connectivity index is 2.13. The predicted octanol–water partition coefficient (Wildman–Crippen LogP) is 3.18. The van der Waals surface area contributed by atoms with E-state index >= 15 is 0 Å². The van der Waals surface area contributed by atoms with Crippen LogP contribution in [0.1, 0.15) is 24.8 Å². The van der Waals surface area contributed by atoms with Crippen molar-refractivity contribution >= 4 is 21.6 Å². The van der Waals surface area contributed by atoms with Crippen molar-refractivity contribution < 1.29 is 5.11 Å². The minimum atomic E-state index is 0.109. The number of hydrogen-bond acceptors (Lipinski definition) is 2. The molecule has 16 heavy (non-hydrogen) atoms. The van der Waals surface area contributed by atoms with Crippen LogP contribution in [-0.2, 0) is 6.61 Å². The van der Waals surface area contributed by atoms with Gasteiger partial charge in [0.05, 0.1) is 6.61 Å². The van der Waals surface area contributed by atoms with Crippen LogP contribution in [0.3, 0.4) is 0 Å². The molecule has 0 unspecified atom stereocenters. The fraction of sp³-hybridized carbons (Fsp3) is 0.538. The van der Waals surface area contributed by atoms with E-state index in [4.69, 9.17) is 0 Å². The van der Waals surface area contributed by atoms with Gasteiger partial charge in [-0.1, -0.05) is 28.4 Å². The highest BCUT2D eigenvalue weighted by atomic mass is 79.9. The van der Waals surface area contributed by atoms with Crippen molar-refractivity contribution in [3.05, 3.63) is 28.2 Å². The van der Waals surface area contributed by atoms with E-state index in [1.165, 1.54) is 19.3 Å². The lowest BCUT2D eigenvalue weighted by atomic mass is 9.85. The van der Waals surface area contributed by atoms with Crippen LogP contribution in [0.25, 0.3) is 0 Å². The monoisotopic (exact) mass is 283 g/mol. The minimum Gasteiger partial charge on any atom is -0.392 e. The first-order chi connectivity index (χ1) is 7.70. The van der Waals surface area contributed by atoms with Crippen LogP contribution in [0.4, 0.5) is 5.69 Å². The van der Waals surface area contributed by atoms with E-state index in [0.717, 1.165) is 28.2 Å². The Hall–Kier alpha value is -0.540. The number of aliphatic hydroxyl groups excluding tert-OH is 1. The molecule has 0 spiro atoms. The smallest absolute Gasteiger partial charge is 0.0702 e. The fourth-order valence-electron chi connectivity index (χ4n) is 2.19. The van der Waals surface area contributed by atoms with Gasteiger partial charge in [0.1, 0.15) is 0 Å². The molecule has 1 aliphatic carbocycles. The number of halogens is 1. The lowest BCUT2D eigenvalue weighted by Crippen LogP contribution is -2.29. The fourth-order valence-corrected chi connectivity index (χ4v) is 2.54. The summed E-state index contributed by atoms with van der Waals surface area (Å²) in [7, 11) is 2.11. The number of anilines is 1. The van der Waals surface area contributed by atoms with Gasteiger partial charge in [0, 0.05) is 29.3 Å². The Kier molecular flexibility index (Phi) is 3.87. The van der Waals surface area contributed by atoms with Gasteiger partial charge >= 0.3 is 0 Å². The minimum absolute atomic E-state index is 0.109. The Labute approximate surface area is 105 Å². The molecule has 1 N–H and O–H groups in total. The summed E-state index contributed by atoms with van der Waals surface area (Å²) < 4.78 is 1.07. The second-order valence-electron chi connectivity index (χ2n) is 4.61. The third-order valence-corrected chi connectivity index (χ3v) is 3.88. The molecule has 1 saturated carbocycles. The van der Waals surface area contributed by atoms with Crippen LogP contribution in [0.2, 0.25) is 0 Å². The molecule has 1 aliphatic rings. The molecule has 0 amide bonds. The lowest BCUT2D eigenvalue weighted by molar-refractivity contribution is 0.281. The molecule has 0 aromatic heterocycles. The van der Waals surface area contributed by atoms with Crippen molar-refractivity contribution in [3.8, 4) is 0 Å². The van der Waals surface area contributed by atoms with Crippen molar-refractivity contribution in [1.82, 2.24) is 0 Å². The van der Waals surface area contributed by atoms with Gasteiger partial charge < -0.3 is 10.0 Å². The lowest BCUT2D eigenvalue weighted by Gasteiger charge is -2.32. The second kappa shape index (κ2) is 5.19. The maximum Gasteiger partial charge on any atom is 0.0702 e. The summed E-state index contributed by atoms with van der Waals surface area (Å²) in [6.45, 7) is 1.21. The van der Waals surface area contributed by atoms with Crippen molar-refractivity contribution in [2.24, 2.45) is 5.92 Å². The van der Waals surface area contributed by atoms with Gasteiger partial charge in [-0.05, 0) is 30.9 Å². The van der Waals surface area contributed by atoms with Gasteiger partial charge in [-0.2, -0.15) is 0 Å². The average Bonchev–Trinajstić information content (AvgIpc) is 2.23. The maximum atomic E-state index is 9.32. The first-order valence-electron chi connectivity index (χ1n) is 5.81. The molecule has 2 rings (SSSR count). The Bertz CT molecular complexity index is 363. The van der Waals surface area contributed by atoms with E-state index in [1.807, 2.05) is 12.1 Å². The number of rotatable bonds is 4. The van der Waals surface area contributed by atoms with Crippen molar-refractivity contribution in [2.75, 3.05) is 18.5 Å². The molecular formula is C13H18BrNO. The summed E-state index contributed by atoms with van der Waals surface area (Å²) in [5.74, 6) is 0.843. The van der Waals surface area contributed by atoms with E-state index in [-0.39, 0.29) is 6.61 Å². The first kappa shape index (κ1) is 11.9. The van der Waals surface area contributed by atoms with Crippen LogP contribution >= 0.6 is 15.9 Å². The molecule has 2 nitrogen and oxygen atoms in total. The highest BCUT2D eigenvalue weighted by Gasteiger charge is 2.20. The Morgan fingerprint density at radius 3 is 2.75 bits per heavy atom. The van der Waals surface area contributed by atoms with Gasteiger partial charge in [-0.3, -0.25) is 0 Å². The van der Waals surface area contributed by atoms with Crippen molar-refractivity contribution in [1.29, 1.82) is 0 Å². The average molecular weight is 284 g/mol. The first-order valence-corrected chi connectivity index (χ1v) is 6.60. The summed E-state index contributed by atoms with van der Waals surface area (Å²) in [5.41, 5.74) is 2.15. The maximum absolute atomic E-state index is 9.32. The molecular weight excluding hydrogens is 266 g/mol. The molecule has 0 heterocycles.